The maximum atomic E-state index is 13.4. The molecule has 0 bridgehead atoms. The lowest BCUT2D eigenvalue weighted by Gasteiger charge is -2.08. The number of carbonyl (C=O) groups excluding carboxylic acids is 1. The Bertz CT molecular complexity index is 561. The Labute approximate surface area is 107 Å². The fraction of sp³-hybridized carbons (Fsp3) is 0.231. The highest BCUT2D eigenvalue weighted by Gasteiger charge is 2.26. The molecule has 0 saturated heterocycles. The summed E-state index contributed by atoms with van der Waals surface area (Å²) >= 11 is 0. The van der Waals surface area contributed by atoms with Gasteiger partial charge in [-0.1, -0.05) is 6.07 Å². The van der Waals surface area contributed by atoms with Crippen molar-refractivity contribution in [1.29, 1.82) is 0 Å². The summed E-state index contributed by atoms with van der Waals surface area (Å²) in [5.74, 6) is -3.73. The van der Waals surface area contributed by atoms with Crippen molar-refractivity contribution in [2.45, 2.75) is 19.3 Å². The van der Waals surface area contributed by atoms with Crippen LogP contribution in [0.2, 0.25) is 0 Å². The van der Waals surface area contributed by atoms with E-state index in [4.69, 9.17) is 5.11 Å². The van der Waals surface area contributed by atoms with Crippen LogP contribution in [0.1, 0.15) is 19.3 Å². The van der Waals surface area contributed by atoms with Crippen LogP contribution in [0.15, 0.2) is 29.3 Å². The highest BCUT2D eigenvalue weighted by molar-refractivity contribution is 6.09. The highest BCUT2D eigenvalue weighted by atomic mass is 19.1. The topological polar surface area (TPSA) is 66.4 Å². The summed E-state index contributed by atoms with van der Waals surface area (Å²) in [6.07, 6.45) is 1.13. The molecule has 0 atom stereocenters. The fourth-order valence-corrected chi connectivity index (χ4v) is 2.04. The van der Waals surface area contributed by atoms with Crippen LogP contribution in [-0.2, 0) is 9.59 Å². The molecule has 0 unspecified atom stereocenters. The molecule has 1 amide bonds. The Kier molecular flexibility index (Phi) is 3.59. The molecule has 0 saturated carbocycles. The molecular formula is C13H11F2NO3. The molecule has 1 aromatic rings. The molecule has 0 aliphatic heterocycles. The predicted octanol–water partition coefficient (Wildman–Crippen LogP) is 2.47. The van der Waals surface area contributed by atoms with Gasteiger partial charge < -0.3 is 10.4 Å². The van der Waals surface area contributed by atoms with Crippen LogP contribution in [0.4, 0.5) is 14.5 Å². The van der Waals surface area contributed by atoms with Gasteiger partial charge in [-0.05, 0) is 31.4 Å². The molecule has 0 aromatic heterocycles. The van der Waals surface area contributed by atoms with E-state index in [0.29, 0.717) is 12.8 Å². The molecule has 0 fully saturated rings. The summed E-state index contributed by atoms with van der Waals surface area (Å²) in [6.45, 7) is 0. The maximum Gasteiger partial charge on any atom is 0.332 e. The molecule has 0 radical (unpaired) electrons. The van der Waals surface area contributed by atoms with Crippen molar-refractivity contribution in [3.63, 3.8) is 0 Å². The van der Waals surface area contributed by atoms with Gasteiger partial charge in [-0.25, -0.2) is 13.6 Å². The van der Waals surface area contributed by atoms with Gasteiger partial charge in [0.1, 0.15) is 17.3 Å². The van der Waals surface area contributed by atoms with Crippen LogP contribution in [0.5, 0.6) is 0 Å². The van der Waals surface area contributed by atoms with Crippen molar-refractivity contribution in [1.82, 2.24) is 0 Å². The van der Waals surface area contributed by atoms with E-state index in [0.717, 1.165) is 12.1 Å². The number of carboxylic acid groups (broad SMARTS) is 1. The number of amides is 1. The normalized spacial score (nSPS) is 14.6. The lowest BCUT2D eigenvalue weighted by atomic mass is 10.1. The van der Waals surface area contributed by atoms with E-state index >= 15 is 0 Å². The Balaban J connectivity index is 2.27. The first kappa shape index (κ1) is 13.2. The van der Waals surface area contributed by atoms with Crippen LogP contribution < -0.4 is 5.32 Å². The van der Waals surface area contributed by atoms with Gasteiger partial charge in [-0.2, -0.15) is 0 Å². The zero-order chi connectivity index (χ0) is 14.0. The lowest BCUT2D eigenvalue weighted by Crippen LogP contribution is -2.18. The second-order valence-electron chi connectivity index (χ2n) is 4.17. The lowest BCUT2D eigenvalue weighted by molar-refractivity contribution is -0.133. The number of hydrogen-bond donors (Lipinski definition) is 2. The Morgan fingerprint density at radius 2 is 1.68 bits per heavy atom. The van der Waals surface area contributed by atoms with Crippen molar-refractivity contribution in [2.75, 3.05) is 5.32 Å². The summed E-state index contributed by atoms with van der Waals surface area (Å²) in [5.41, 5.74) is -0.471. The van der Waals surface area contributed by atoms with Gasteiger partial charge in [-0.3, -0.25) is 4.79 Å². The second-order valence-corrected chi connectivity index (χ2v) is 4.17. The van der Waals surface area contributed by atoms with Crippen LogP contribution in [-0.4, -0.2) is 17.0 Å². The summed E-state index contributed by atoms with van der Waals surface area (Å²) in [6, 6.07) is 3.21. The number of hydrogen-bond acceptors (Lipinski definition) is 2. The molecule has 2 N–H and O–H groups in total. The van der Waals surface area contributed by atoms with Gasteiger partial charge in [-0.15, -0.1) is 0 Å². The van der Waals surface area contributed by atoms with Crippen LogP contribution in [0.25, 0.3) is 0 Å². The van der Waals surface area contributed by atoms with E-state index in [1.165, 1.54) is 6.07 Å². The number of benzene rings is 1. The van der Waals surface area contributed by atoms with Crippen molar-refractivity contribution >= 4 is 17.6 Å². The fourth-order valence-electron chi connectivity index (χ4n) is 2.04. The number of rotatable bonds is 3. The molecule has 0 spiro atoms. The third-order valence-corrected chi connectivity index (χ3v) is 2.95. The average molecular weight is 267 g/mol. The van der Waals surface area contributed by atoms with Crippen molar-refractivity contribution < 1.29 is 23.5 Å². The minimum absolute atomic E-state index is 0.00856. The Hall–Kier alpha value is -2.24. The zero-order valence-corrected chi connectivity index (χ0v) is 9.87. The number of aliphatic carboxylic acids is 1. The standard InChI is InChI=1S/C13H11F2NO3/c14-9-5-2-6-10(15)11(9)16-12(17)7-3-1-4-8(7)13(18)19/h2,5-6H,1,3-4H2,(H,16,17)(H,18,19). The van der Waals surface area contributed by atoms with E-state index in [1.54, 1.807) is 0 Å². The first-order valence-electron chi connectivity index (χ1n) is 5.71. The molecule has 100 valence electrons. The van der Waals surface area contributed by atoms with E-state index < -0.39 is 29.2 Å². The van der Waals surface area contributed by atoms with Crippen LogP contribution in [0, 0.1) is 11.6 Å². The number of carboxylic acids is 1. The molecule has 4 nitrogen and oxygen atoms in total. The zero-order valence-electron chi connectivity index (χ0n) is 9.87. The SMILES string of the molecule is O=C(O)C1=C(C(=O)Nc2c(F)cccc2F)CCC1. The highest BCUT2D eigenvalue weighted by Crippen LogP contribution is 2.28. The summed E-state index contributed by atoms with van der Waals surface area (Å²) < 4.78 is 26.7. The minimum atomic E-state index is -1.17. The maximum absolute atomic E-state index is 13.4. The van der Waals surface area contributed by atoms with Gasteiger partial charge in [0.05, 0.1) is 0 Å². The smallest absolute Gasteiger partial charge is 0.332 e. The van der Waals surface area contributed by atoms with Gasteiger partial charge >= 0.3 is 5.97 Å². The first-order chi connectivity index (χ1) is 9.00. The summed E-state index contributed by atoms with van der Waals surface area (Å²) in [7, 11) is 0. The van der Waals surface area contributed by atoms with Gasteiger partial charge in [0.25, 0.3) is 5.91 Å². The Morgan fingerprint density at radius 1 is 1.11 bits per heavy atom. The number of nitrogens with one attached hydrogen (secondary N) is 1. The molecule has 6 heteroatoms. The molecular weight excluding hydrogens is 256 g/mol. The van der Waals surface area contributed by atoms with E-state index in [9.17, 15) is 18.4 Å². The van der Waals surface area contributed by atoms with E-state index in [1.807, 2.05) is 0 Å². The third-order valence-electron chi connectivity index (χ3n) is 2.95. The monoisotopic (exact) mass is 267 g/mol. The van der Waals surface area contributed by atoms with Crippen molar-refractivity contribution in [3.8, 4) is 0 Å². The predicted molar refractivity (Wildman–Crippen MR) is 63.5 cm³/mol. The largest absolute Gasteiger partial charge is 0.478 e. The molecule has 19 heavy (non-hydrogen) atoms. The number of para-hydroxylation sites is 1. The number of carbonyl (C=O) groups is 2. The third kappa shape index (κ3) is 2.62. The van der Waals surface area contributed by atoms with Gasteiger partial charge in [0, 0.05) is 11.1 Å². The second kappa shape index (κ2) is 5.17. The molecule has 1 aromatic carbocycles. The molecule has 1 aliphatic carbocycles. The first-order valence-corrected chi connectivity index (χ1v) is 5.71. The molecule has 2 rings (SSSR count). The Morgan fingerprint density at radius 3 is 2.26 bits per heavy atom. The van der Waals surface area contributed by atoms with Crippen LogP contribution in [0.3, 0.4) is 0 Å². The minimum Gasteiger partial charge on any atom is -0.478 e. The molecule has 0 heterocycles. The number of halogens is 2. The van der Waals surface area contributed by atoms with E-state index in [-0.39, 0.29) is 17.6 Å². The van der Waals surface area contributed by atoms with Gasteiger partial charge in [0.15, 0.2) is 0 Å². The van der Waals surface area contributed by atoms with Crippen molar-refractivity contribution in [2.24, 2.45) is 0 Å². The van der Waals surface area contributed by atoms with E-state index in [2.05, 4.69) is 5.32 Å². The molecule has 1 aliphatic rings. The average Bonchev–Trinajstić information content (AvgIpc) is 2.83. The van der Waals surface area contributed by atoms with Crippen LogP contribution >= 0.6 is 0 Å². The van der Waals surface area contributed by atoms with Crippen molar-refractivity contribution in [3.05, 3.63) is 41.0 Å². The summed E-state index contributed by atoms with van der Waals surface area (Å²) in [5, 5.41) is 11.0. The number of anilines is 1. The van der Waals surface area contributed by atoms with Gasteiger partial charge in [0.2, 0.25) is 0 Å². The quantitative estimate of drug-likeness (QED) is 0.884. The summed E-state index contributed by atoms with van der Waals surface area (Å²) in [4.78, 5) is 22.8.